The van der Waals surface area contributed by atoms with Crippen molar-refractivity contribution in [1.29, 1.82) is 0 Å². The maximum absolute atomic E-state index is 12.0. The number of allylic oxidation sites excluding steroid dienone is 6. The Balaban J connectivity index is 3.36. The molecule has 0 aromatic carbocycles. The zero-order chi connectivity index (χ0) is 31.3. The van der Waals surface area contributed by atoms with Crippen LogP contribution in [-0.4, -0.2) is 25.0 Å². The number of amides is 1. The summed E-state index contributed by atoms with van der Waals surface area (Å²) in [7, 11) is 0. The van der Waals surface area contributed by atoms with Gasteiger partial charge in [0.15, 0.2) is 0 Å². The zero-order valence-electron chi connectivity index (χ0n) is 28.7. The SMILES string of the molecule is CCCCC/C=C/C/C=C/CCCCCCCC(=O)NCCCOC(=O)CCCCCCC/C=C/CCCCCCCC. The van der Waals surface area contributed by atoms with E-state index < -0.39 is 0 Å². The third-order valence-electron chi connectivity index (χ3n) is 7.90. The molecule has 0 aromatic rings. The Hall–Kier alpha value is -1.84. The Morgan fingerprint density at radius 2 is 0.907 bits per heavy atom. The molecular formula is C39H71NO3. The molecular weight excluding hydrogens is 530 g/mol. The lowest BCUT2D eigenvalue weighted by molar-refractivity contribution is -0.143. The molecule has 0 bridgehead atoms. The van der Waals surface area contributed by atoms with E-state index in [2.05, 4.69) is 55.6 Å². The van der Waals surface area contributed by atoms with Crippen LogP contribution in [0.1, 0.15) is 187 Å². The number of hydrogen-bond donors (Lipinski definition) is 1. The van der Waals surface area contributed by atoms with Gasteiger partial charge in [0.25, 0.3) is 0 Å². The van der Waals surface area contributed by atoms with E-state index in [1.165, 1.54) is 116 Å². The van der Waals surface area contributed by atoms with Gasteiger partial charge in [-0.15, -0.1) is 0 Å². The Bertz CT molecular complexity index is 682. The van der Waals surface area contributed by atoms with Gasteiger partial charge in [0.2, 0.25) is 5.91 Å². The first-order valence-corrected chi connectivity index (χ1v) is 18.6. The molecule has 250 valence electrons. The van der Waals surface area contributed by atoms with Gasteiger partial charge in [-0.1, -0.05) is 134 Å². The average Bonchev–Trinajstić information content (AvgIpc) is 3.00. The predicted molar refractivity (Wildman–Crippen MR) is 187 cm³/mol. The molecule has 0 fully saturated rings. The molecule has 4 nitrogen and oxygen atoms in total. The van der Waals surface area contributed by atoms with Crippen LogP contribution in [0, 0.1) is 0 Å². The van der Waals surface area contributed by atoms with Crippen LogP contribution in [0.15, 0.2) is 36.5 Å². The summed E-state index contributed by atoms with van der Waals surface area (Å²) in [5.41, 5.74) is 0. The number of ether oxygens (including phenoxy) is 1. The van der Waals surface area contributed by atoms with Crippen molar-refractivity contribution in [2.45, 2.75) is 187 Å². The molecule has 4 heteroatoms. The van der Waals surface area contributed by atoms with Crippen LogP contribution < -0.4 is 5.32 Å². The Kier molecular flexibility index (Phi) is 34.8. The summed E-state index contributed by atoms with van der Waals surface area (Å²) in [6.45, 7) is 5.49. The average molecular weight is 602 g/mol. The van der Waals surface area contributed by atoms with Crippen LogP contribution in [0.5, 0.6) is 0 Å². The summed E-state index contributed by atoms with van der Waals surface area (Å²) in [6, 6.07) is 0. The van der Waals surface area contributed by atoms with Crippen LogP contribution in [0.2, 0.25) is 0 Å². The quantitative estimate of drug-likeness (QED) is 0.0462. The summed E-state index contributed by atoms with van der Waals surface area (Å²) in [5, 5.41) is 2.96. The third kappa shape index (κ3) is 36.3. The first kappa shape index (κ1) is 41.2. The second-order valence-electron chi connectivity index (χ2n) is 12.2. The molecule has 0 heterocycles. The highest BCUT2D eigenvalue weighted by Crippen LogP contribution is 2.11. The van der Waals surface area contributed by atoms with E-state index in [0.29, 0.717) is 32.4 Å². The van der Waals surface area contributed by atoms with Crippen molar-refractivity contribution in [3.63, 3.8) is 0 Å². The smallest absolute Gasteiger partial charge is 0.305 e. The lowest BCUT2D eigenvalue weighted by Gasteiger charge is -2.07. The van der Waals surface area contributed by atoms with Crippen molar-refractivity contribution in [3.05, 3.63) is 36.5 Å². The van der Waals surface area contributed by atoms with Crippen molar-refractivity contribution >= 4 is 11.9 Å². The highest BCUT2D eigenvalue weighted by molar-refractivity contribution is 5.75. The zero-order valence-corrected chi connectivity index (χ0v) is 28.7. The fourth-order valence-corrected chi connectivity index (χ4v) is 5.08. The topological polar surface area (TPSA) is 55.4 Å². The predicted octanol–water partition coefficient (Wildman–Crippen LogP) is 11.9. The molecule has 1 N–H and O–H groups in total. The van der Waals surface area contributed by atoms with Gasteiger partial charge in [-0.05, 0) is 77.0 Å². The van der Waals surface area contributed by atoms with Crippen molar-refractivity contribution in [3.8, 4) is 0 Å². The molecule has 43 heavy (non-hydrogen) atoms. The first-order valence-electron chi connectivity index (χ1n) is 18.6. The number of carbonyl (C=O) groups excluding carboxylic acids is 2. The largest absolute Gasteiger partial charge is 0.466 e. The van der Waals surface area contributed by atoms with Gasteiger partial charge >= 0.3 is 5.97 Å². The lowest BCUT2D eigenvalue weighted by Crippen LogP contribution is -2.25. The fraction of sp³-hybridized carbons (Fsp3) is 0.795. The van der Waals surface area contributed by atoms with Crippen LogP contribution in [0.3, 0.4) is 0 Å². The fourth-order valence-electron chi connectivity index (χ4n) is 5.08. The van der Waals surface area contributed by atoms with Crippen LogP contribution >= 0.6 is 0 Å². The van der Waals surface area contributed by atoms with Crippen LogP contribution in [0.4, 0.5) is 0 Å². The van der Waals surface area contributed by atoms with Gasteiger partial charge in [-0.25, -0.2) is 0 Å². The maximum atomic E-state index is 12.0. The number of nitrogens with one attached hydrogen (secondary N) is 1. The van der Waals surface area contributed by atoms with Crippen molar-refractivity contribution in [2.75, 3.05) is 13.2 Å². The lowest BCUT2D eigenvalue weighted by atomic mass is 10.1. The van der Waals surface area contributed by atoms with Gasteiger partial charge in [0.1, 0.15) is 0 Å². The molecule has 0 spiro atoms. The summed E-state index contributed by atoms with van der Waals surface area (Å²) < 4.78 is 5.33. The van der Waals surface area contributed by atoms with Crippen LogP contribution in [0.25, 0.3) is 0 Å². The molecule has 1 amide bonds. The normalized spacial score (nSPS) is 11.8. The number of carbonyl (C=O) groups is 2. The van der Waals surface area contributed by atoms with E-state index in [1.807, 2.05) is 0 Å². The third-order valence-corrected chi connectivity index (χ3v) is 7.90. The van der Waals surface area contributed by atoms with E-state index in [-0.39, 0.29) is 11.9 Å². The molecule has 0 saturated heterocycles. The summed E-state index contributed by atoms with van der Waals surface area (Å²) in [4.78, 5) is 23.9. The van der Waals surface area contributed by atoms with Crippen molar-refractivity contribution in [1.82, 2.24) is 5.32 Å². The maximum Gasteiger partial charge on any atom is 0.305 e. The highest BCUT2D eigenvalue weighted by Gasteiger charge is 2.04. The number of rotatable bonds is 33. The van der Waals surface area contributed by atoms with E-state index in [4.69, 9.17) is 4.74 Å². The summed E-state index contributed by atoms with van der Waals surface area (Å²) in [6.07, 6.45) is 45.1. The van der Waals surface area contributed by atoms with Gasteiger partial charge in [0, 0.05) is 19.4 Å². The molecule has 0 aliphatic carbocycles. The minimum atomic E-state index is -0.103. The summed E-state index contributed by atoms with van der Waals surface area (Å²) in [5.74, 6) is 0.0133. The minimum absolute atomic E-state index is 0.103. The van der Waals surface area contributed by atoms with Gasteiger partial charge in [0.05, 0.1) is 6.61 Å². The standard InChI is InChI=1S/C39H71NO3/c1-3-5-7-9-11-13-15-17-19-21-23-25-27-29-31-34-38(41)40-36-33-37-43-39(42)35-32-30-28-26-24-22-20-18-16-14-12-10-8-6-4-2/h11,13,17-20H,3-10,12,14-16,21-37H2,1-2H3,(H,40,41)/b13-11+,19-17+,20-18+. The first-order chi connectivity index (χ1) is 21.2. The Labute approximate surface area is 268 Å². The second-order valence-corrected chi connectivity index (χ2v) is 12.2. The Morgan fingerprint density at radius 3 is 1.47 bits per heavy atom. The van der Waals surface area contributed by atoms with Crippen molar-refractivity contribution in [2.24, 2.45) is 0 Å². The second kappa shape index (κ2) is 36.4. The molecule has 0 radical (unpaired) electrons. The number of esters is 1. The number of unbranched alkanes of at least 4 members (excludes halogenated alkanes) is 19. The summed E-state index contributed by atoms with van der Waals surface area (Å²) >= 11 is 0. The minimum Gasteiger partial charge on any atom is -0.466 e. The molecule has 0 unspecified atom stereocenters. The van der Waals surface area contributed by atoms with Crippen LogP contribution in [-0.2, 0) is 14.3 Å². The molecule has 0 rings (SSSR count). The van der Waals surface area contributed by atoms with Crippen molar-refractivity contribution < 1.29 is 14.3 Å². The molecule has 0 aliphatic heterocycles. The molecule has 0 aromatic heterocycles. The van der Waals surface area contributed by atoms with E-state index in [1.54, 1.807) is 0 Å². The number of hydrogen-bond acceptors (Lipinski definition) is 3. The van der Waals surface area contributed by atoms with E-state index in [0.717, 1.165) is 38.5 Å². The molecule has 0 saturated carbocycles. The van der Waals surface area contributed by atoms with E-state index >= 15 is 0 Å². The van der Waals surface area contributed by atoms with Gasteiger partial charge in [-0.3, -0.25) is 9.59 Å². The highest BCUT2D eigenvalue weighted by atomic mass is 16.5. The molecule has 0 atom stereocenters. The monoisotopic (exact) mass is 602 g/mol. The molecule has 0 aliphatic rings. The van der Waals surface area contributed by atoms with Gasteiger partial charge < -0.3 is 10.1 Å². The Morgan fingerprint density at radius 1 is 0.488 bits per heavy atom. The van der Waals surface area contributed by atoms with E-state index in [9.17, 15) is 9.59 Å². The van der Waals surface area contributed by atoms with Gasteiger partial charge in [-0.2, -0.15) is 0 Å².